The average Bonchev–Trinajstić information content (AvgIpc) is 2.77. The average molecular weight is 524 g/mol. The van der Waals surface area contributed by atoms with Crippen molar-refractivity contribution in [3.05, 3.63) is 57.7 Å². The summed E-state index contributed by atoms with van der Waals surface area (Å²) >= 11 is 2.21. The second kappa shape index (κ2) is 12.4. The Balaban J connectivity index is 2.17. The van der Waals surface area contributed by atoms with E-state index in [1.165, 1.54) is 0 Å². The SMILES string of the molecule is CCCNC(=O)[C@H](CC)N(Cc1ccc(OC)cc1)C(=O)COc1ccc(I)cc1. The van der Waals surface area contributed by atoms with E-state index in [-0.39, 0.29) is 18.4 Å². The summed E-state index contributed by atoms with van der Waals surface area (Å²) in [5.74, 6) is 0.987. The minimum absolute atomic E-state index is 0.131. The van der Waals surface area contributed by atoms with Crippen LogP contribution in [-0.4, -0.2) is 43.0 Å². The molecular weight excluding hydrogens is 495 g/mol. The van der Waals surface area contributed by atoms with Crippen molar-refractivity contribution in [2.45, 2.75) is 39.3 Å². The summed E-state index contributed by atoms with van der Waals surface area (Å²) in [6.45, 7) is 4.67. The molecule has 0 fully saturated rings. The lowest BCUT2D eigenvalue weighted by Crippen LogP contribution is -2.50. The predicted molar refractivity (Wildman–Crippen MR) is 126 cm³/mol. The largest absolute Gasteiger partial charge is 0.497 e. The summed E-state index contributed by atoms with van der Waals surface area (Å²) in [5, 5.41) is 2.91. The van der Waals surface area contributed by atoms with E-state index in [4.69, 9.17) is 9.47 Å². The standard InChI is InChI=1S/C23H29IN2O4/c1-4-14-25-23(28)21(5-2)26(15-17-6-10-19(29-3)11-7-17)22(27)16-30-20-12-8-18(24)9-13-20/h6-13,21H,4-5,14-16H2,1-3H3,(H,25,28)/t21-/m0/s1. The monoisotopic (exact) mass is 524 g/mol. The van der Waals surface area contributed by atoms with Crippen molar-refractivity contribution in [3.8, 4) is 11.5 Å². The van der Waals surface area contributed by atoms with Gasteiger partial charge in [0.15, 0.2) is 6.61 Å². The molecule has 6 nitrogen and oxygen atoms in total. The number of methoxy groups -OCH3 is 1. The third-order valence-electron chi connectivity index (χ3n) is 4.62. The summed E-state index contributed by atoms with van der Waals surface area (Å²) in [5.41, 5.74) is 0.917. The molecule has 0 unspecified atom stereocenters. The van der Waals surface area contributed by atoms with Crippen molar-refractivity contribution in [2.75, 3.05) is 20.3 Å². The molecule has 0 aromatic heterocycles. The van der Waals surface area contributed by atoms with Gasteiger partial charge in [-0.2, -0.15) is 0 Å². The van der Waals surface area contributed by atoms with Gasteiger partial charge in [-0.1, -0.05) is 26.0 Å². The number of carbonyl (C=O) groups is 2. The van der Waals surface area contributed by atoms with E-state index >= 15 is 0 Å². The fourth-order valence-electron chi connectivity index (χ4n) is 2.97. The Kier molecular flexibility index (Phi) is 9.93. The smallest absolute Gasteiger partial charge is 0.261 e. The molecule has 162 valence electrons. The van der Waals surface area contributed by atoms with Crippen LogP contribution < -0.4 is 14.8 Å². The summed E-state index contributed by atoms with van der Waals surface area (Å²) in [4.78, 5) is 27.4. The second-order valence-corrected chi connectivity index (χ2v) is 8.07. The number of ether oxygens (including phenoxy) is 2. The van der Waals surface area contributed by atoms with E-state index in [0.717, 1.165) is 21.3 Å². The number of hydrogen-bond donors (Lipinski definition) is 1. The minimum atomic E-state index is -0.563. The lowest BCUT2D eigenvalue weighted by Gasteiger charge is -2.30. The number of hydrogen-bond acceptors (Lipinski definition) is 4. The number of benzene rings is 2. The molecule has 0 radical (unpaired) electrons. The quantitative estimate of drug-likeness (QED) is 0.452. The number of amides is 2. The molecule has 30 heavy (non-hydrogen) atoms. The first kappa shape index (κ1) is 24.0. The van der Waals surface area contributed by atoms with Gasteiger partial charge >= 0.3 is 0 Å². The van der Waals surface area contributed by atoms with Crippen molar-refractivity contribution in [1.82, 2.24) is 10.2 Å². The van der Waals surface area contributed by atoms with E-state index in [1.54, 1.807) is 12.0 Å². The van der Waals surface area contributed by atoms with Crippen LogP contribution in [0, 0.1) is 3.57 Å². The van der Waals surface area contributed by atoms with Crippen molar-refractivity contribution in [3.63, 3.8) is 0 Å². The zero-order valence-electron chi connectivity index (χ0n) is 17.7. The van der Waals surface area contributed by atoms with Crippen LogP contribution in [0.2, 0.25) is 0 Å². The number of carbonyl (C=O) groups excluding carboxylic acids is 2. The van der Waals surface area contributed by atoms with E-state index < -0.39 is 6.04 Å². The van der Waals surface area contributed by atoms with Gasteiger partial charge in [0.05, 0.1) is 7.11 Å². The molecule has 0 aliphatic rings. The topological polar surface area (TPSA) is 67.9 Å². The summed E-state index contributed by atoms with van der Waals surface area (Å²) < 4.78 is 12.0. The van der Waals surface area contributed by atoms with E-state index in [9.17, 15) is 9.59 Å². The van der Waals surface area contributed by atoms with Gasteiger partial charge in [0.1, 0.15) is 17.5 Å². The molecular formula is C23H29IN2O4. The molecule has 0 aliphatic carbocycles. The van der Waals surface area contributed by atoms with Gasteiger partial charge in [-0.15, -0.1) is 0 Å². The third-order valence-corrected chi connectivity index (χ3v) is 5.34. The fourth-order valence-corrected chi connectivity index (χ4v) is 3.33. The van der Waals surface area contributed by atoms with Crippen LogP contribution in [-0.2, 0) is 16.1 Å². The van der Waals surface area contributed by atoms with E-state index in [2.05, 4.69) is 27.9 Å². The van der Waals surface area contributed by atoms with Crippen LogP contribution in [0.25, 0.3) is 0 Å². The molecule has 0 spiro atoms. The zero-order valence-corrected chi connectivity index (χ0v) is 19.8. The molecule has 2 aromatic carbocycles. The molecule has 0 saturated heterocycles. The van der Waals surface area contributed by atoms with E-state index in [0.29, 0.717) is 25.3 Å². The van der Waals surface area contributed by atoms with Crippen LogP contribution in [0.4, 0.5) is 0 Å². The second-order valence-electron chi connectivity index (χ2n) is 6.83. The molecule has 2 aromatic rings. The first-order chi connectivity index (χ1) is 14.5. The highest BCUT2D eigenvalue weighted by atomic mass is 127. The van der Waals surface area contributed by atoms with Crippen molar-refractivity contribution in [2.24, 2.45) is 0 Å². The molecule has 0 heterocycles. The molecule has 0 bridgehead atoms. The summed E-state index contributed by atoms with van der Waals surface area (Å²) in [6.07, 6.45) is 1.35. The van der Waals surface area contributed by atoms with Gasteiger partial charge in [-0.25, -0.2) is 0 Å². The number of rotatable bonds is 11. The number of nitrogens with one attached hydrogen (secondary N) is 1. The maximum absolute atomic E-state index is 13.1. The lowest BCUT2D eigenvalue weighted by atomic mass is 10.1. The fraction of sp³-hybridized carbons (Fsp3) is 0.391. The van der Waals surface area contributed by atoms with Gasteiger partial charge in [0.2, 0.25) is 5.91 Å². The maximum atomic E-state index is 13.1. The number of nitrogens with zero attached hydrogens (tertiary/aromatic N) is 1. The summed E-state index contributed by atoms with van der Waals surface area (Å²) in [7, 11) is 1.61. The normalized spacial score (nSPS) is 11.5. The Morgan fingerprint density at radius 2 is 1.67 bits per heavy atom. The van der Waals surface area contributed by atoms with Crippen LogP contribution in [0.15, 0.2) is 48.5 Å². The van der Waals surface area contributed by atoms with Crippen LogP contribution in [0.5, 0.6) is 11.5 Å². The van der Waals surface area contributed by atoms with Gasteiger partial charge in [-0.3, -0.25) is 9.59 Å². The predicted octanol–water partition coefficient (Wildman–Crippen LogP) is 4.01. The Labute approximate surface area is 192 Å². The lowest BCUT2D eigenvalue weighted by molar-refractivity contribution is -0.143. The Morgan fingerprint density at radius 1 is 1.03 bits per heavy atom. The Bertz CT molecular complexity index is 809. The Morgan fingerprint density at radius 3 is 2.23 bits per heavy atom. The van der Waals surface area contributed by atoms with Gasteiger partial charge in [0.25, 0.3) is 5.91 Å². The molecule has 1 N–H and O–H groups in total. The van der Waals surface area contributed by atoms with Crippen LogP contribution in [0.3, 0.4) is 0 Å². The molecule has 0 aliphatic heterocycles. The van der Waals surface area contributed by atoms with Crippen LogP contribution in [0.1, 0.15) is 32.3 Å². The van der Waals surface area contributed by atoms with Gasteiger partial charge in [-0.05, 0) is 77.4 Å². The van der Waals surface area contributed by atoms with Gasteiger partial charge in [0, 0.05) is 16.7 Å². The van der Waals surface area contributed by atoms with Crippen molar-refractivity contribution < 1.29 is 19.1 Å². The first-order valence-electron chi connectivity index (χ1n) is 10.1. The highest BCUT2D eigenvalue weighted by Gasteiger charge is 2.28. The molecule has 2 rings (SSSR count). The molecule has 7 heteroatoms. The van der Waals surface area contributed by atoms with Crippen LogP contribution >= 0.6 is 22.6 Å². The molecule has 1 atom stereocenters. The summed E-state index contributed by atoms with van der Waals surface area (Å²) in [6, 6.07) is 14.4. The highest BCUT2D eigenvalue weighted by molar-refractivity contribution is 14.1. The number of halogens is 1. The Hall–Kier alpha value is -2.29. The third kappa shape index (κ3) is 7.19. The zero-order chi connectivity index (χ0) is 21.9. The minimum Gasteiger partial charge on any atom is -0.497 e. The maximum Gasteiger partial charge on any atom is 0.261 e. The van der Waals surface area contributed by atoms with Crippen molar-refractivity contribution in [1.29, 1.82) is 0 Å². The molecule has 2 amide bonds. The molecule has 0 saturated carbocycles. The van der Waals surface area contributed by atoms with Gasteiger partial charge < -0.3 is 19.7 Å². The van der Waals surface area contributed by atoms with Crippen molar-refractivity contribution >= 4 is 34.4 Å². The highest BCUT2D eigenvalue weighted by Crippen LogP contribution is 2.18. The van der Waals surface area contributed by atoms with E-state index in [1.807, 2.05) is 62.4 Å². The first-order valence-corrected chi connectivity index (χ1v) is 11.1.